The zero-order valence-electron chi connectivity index (χ0n) is 28.8. The van der Waals surface area contributed by atoms with Crippen molar-refractivity contribution in [3.05, 3.63) is 66.5 Å². The Morgan fingerprint density at radius 2 is 1.86 bits per heavy atom. The zero-order chi connectivity index (χ0) is 34.5. The maximum Gasteiger partial charge on any atom is 0.265 e. The molecule has 12 heteroatoms. The van der Waals surface area contributed by atoms with Crippen LogP contribution < -0.4 is 25.4 Å². The number of anilines is 3. The number of hydrogen-bond donors (Lipinski definition) is 5. The van der Waals surface area contributed by atoms with Crippen molar-refractivity contribution in [3.8, 4) is 11.5 Å². The lowest BCUT2D eigenvalue weighted by molar-refractivity contribution is 0.00263. The number of nitrogens with one attached hydrogen (secondary N) is 3. The lowest BCUT2D eigenvalue weighted by Crippen LogP contribution is -2.48. The average molecular weight is 700 g/mol. The van der Waals surface area contributed by atoms with Crippen LogP contribution in [-0.2, 0) is 4.74 Å². The van der Waals surface area contributed by atoms with Gasteiger partial charge < -0.3 is 35.5 Å². The van der Waals surface area contributed by atoms with Crippen molar-refractivity contribution in [2.45, 2.75) is 55.9 Å². The van der Waals surface area contributed by atoms with Crippen LogP contribution in [0.1, 0.15) is 55.8 Å². The van der Waals surface area contributed by atoms with Crippen LogP contribution in [0.25, 0.3) is 11.0 Å². The standard InChI is InChI=1S/C38H49N7O4S/c1-38(47)11-6-27(7-12-38)25-44-14-16-45(17-15-44)29-2-4-32(35(21-29)49-30-20-28-8-13-40-36(28)42-24-30)37(46)43-50-31-3-5-34(33(39)22-31)41-23-26-9-18-48-19-10-26/h2-5,8,13,20-22,24,26-27,41,47H,6-7,9-12,14-19,23,25,39H2,1H3,(H,40,42)(H,43,46). The lowest BCUT2D eigenvalue weighted by Gasteiger charge is -2.40. The molecule has 6 N–H and O–H groups in total. The SMILES string of the molecule is CC1(O)CCC(CN2CCN(c3ccc(C(=O)NSc4ccc(NCC5CCOCC5)c(N)c4)c(Oc4cnc5[nH]ccc5c4)c3)CC2)CC1. The summed E-state index contributed by atoms with van der Waals surface area (Å²) in [6.45, 7) is 9.28. The zero-order valence-corrected chi connectivity index (χ0v) is 29.6. The van der Waals surface area contributed by atoms with Gasteiger partial charge in [-0.15, -0.1) is 0 Å². The van der Waals surface area contributed by atoms with E-state index in [1.165, 1.54) is 11.9 Å². The fourth-order valence-corrected chi connectivity index (χ4v) is 7.89. The minimum atomic E-state index is -0.498. The first-order valence-electron chi connectivity index (χ1n) is 17.9. The summed E-state index contributed by atoms with van der Waals surface area (Å²) in [6.07, 6.45) is 9.59. The Morgan fingerprint density at radius 3 is 2.64 bits per heavy atom. The predicted octanol–water partition coefficient (Wildman–Crippen LogP) is 6.28. The number of amides is 1. The number of pyridine rings is 1. The maximum atomic E-state index is 13.7. The Labute approximate surface area is 298 Å². The minimum Gasteiger partial charge on any atom is -0.455 e. The molecule has 1 amide bonds. The number of H-pyrrole nitrogens is 1. The molecule has 11 nitrogen and oxygen atoms in total. The smallest absolute Gasteiger partial charge is 0.265 e. The van der Waals surface area contributed by atoms with Gasteiger partial charge in [-0.3, -0.25) is 14.4 Å². The average Bonchev–Trinajstić information content (AvgIpc) is 3.60. The fourth-order valence-electron chi connectivity index (χ4n) is 7.25. The van der Waals surface area contributed by atoms with Gasteiger partial charge in [-0.2, -0.15) is 0 Å². The first kappa shape index (κ1) is 34.5. The molecule has 50 heavy (non-hydrogen) atoms. The van der Waals surface area contributed by atoms with Gasteiger partial charge in [-0.25, -0.2) is 4.98 Å². The van der Waals surface area contributed by atoms with E-state index in [4.69, 9.17) is 15.2 Å². The Hall–Kier alpha value is -3.97. The third kappa shape index (κ3) is 8.66. The van der Waals surface area contributed by atoms with E-state index in [0.29, 0.717) is 34.6 Å². The number of nitrogens with zero attached hydrogens (tertiary/aromatic N) is 3. The van der Waals surface area contributed by atoms with Crippen molar-refractivity contribution in [3.63, 3.8) is 0 Å². The van der Waals surface area contributed by atoms with Gasteiger partial charge >= 0.3 is 0 Å². The summed E-state index contributed by atoms with van der Waals surface area (Å²) in [7, 11) is 0. The Kier molecular flexibility index (Phi) is 10.7. The Balaban J connectivity index is 1.01. The summed E-state index contributed by atoms with van der Waals surface area (Å²) in [6, 6.07) is 15.5. The van der Waals surface area contributed by atoms with Gasteiger partial charge in [0.15, 0.2) is 0 Å². The Bertz CT molecular complexity index is 1760. The van der Waals surface area contributed by atoms with Crippen molar-refractivity contribution >= 4 is 46.0 Å². The van der Waals surface area contributed by atoms with Gasteiger partial charge in [0.2, 0.25) is 0 Å². The monoisotopic (exact) mass is 699 g/mol. The van der Waals surface area contributed by atoms with Crippen molar-refractivity contribution in [2.24, 2.45) is 11.8 Å². The van der Waals surface area contributed by atoms with Crippen LogP contribution in [0, 0.1) is 11.8 Å². The maximum absolute atomic E-state index is 13.7. The third-order valence-electron chi connectivity index (χ3n) is 10.5. The molecule has 3 fully saturated rings. The number of fused-ring (bicyclic) bond motifs is 1. The van der Waals surface area contributed by atoms with E-state index in [9.17, 15) is 9.90 Å². The van der Waals surface area contributed by atoms with Crippen molar-refractivity contribution in [2.75, 3.05) is 68.4 Å². The summed E-state index contributed by atoms with van der Waals surface area (Å²) in [5, 5.41) is 14.8. The van der Waals surface area contributed by atoms with Gasteiger partial charge in [0, 0.05) is 80.7 Å². The fraction of sp³-hybridized carbons (Fsp3) is 0.474. The number of hydrogen-bond acceptors (Lipinski definition) is 10. The van der Waals surface area contributed by atoms with Crippen LogP contribution in [0.5, 0.6) is 11.5 Å². The highest BCUT2D eigenvalue weighted by Gasteiger charge is 2.30. The second kappa shape index (κ2) is 15.5. The van der Waals surface area contributed by atoms with Gasteiger partial charge in [-0.05, 0) is 112 Å². The van der Waals surface area contributed by atoms with Gasteiger partial charge in [0.05, 0.1) is 28.7 Å². The molecule has 0 bridgehead atoms. The summed E-state index contributed by atoms with van der Waals surface area (Å²) in [5.74, 6) is 2.00. The molecule has 1 saturated carbocycles. The number of benzene rings is 2. The summed E-state index contributed by atoms with van der Waals surface area (Å²) >= 11 is 1.23. The predicted molar refractivity (Wildman–Crippen MR) is 200 cm³/mol. The number of carbonyl (C=O) groups is 1. The number of aromatic amines is 1. The van der Waals surface area contributed by atoms with E-state index in [2.05, 4.69) is 29.8 Å². The molecule has 1 aliphatic carbocycles. The van der Waals surface area contributed by atoms with Crippen LogP contribution in [0.4, 0.5) is 17.1 Å². The number of nitrogen functional groups attached to an aromatic ring is 1. The second-order valence-electron chi connectivity index (χ2n) is 14.3. The van der Waals surface area contributed by atoms with Gasteiger partial charge in [-0.1, -0.05) is 0 Å². The summed E-state index contributed by atoms with van der Waals surface area (Å²) in [4.78, 5) is 27.0. The van der Waals surface area contributed by atoms with Gasteiger partial charge in [0.1, 0.15) is 17.1 Å². The molecule has 4 aromatic rings. The van der Waals surface area contributed by atoms with Crippen LogP contribution >= 0.6 is 11.9 Å². The molecule has 2 aliphatic heterocycles. The van der Waals surface area contributed by atoms with E-state index < -0.39 is 5.60 Å². The topological polar surface area (TPSA) is 141 Å². The lowest BCUT2D eigenvalue weighted by atomic mass is 9.80. The largest absolute Gasteiger partial charge is 0.455 e. The minimum absolute atomic E-state index is 0.260. The van der Waals surface area contributed by atoms with E-state index in [-0.39, 0.29) is 5.91 Å². The second-order valence-corrected chi connectivity index (χ2v) is 15.2. The van der Waals surface area contributed by atoms with Crippen LogP contribution in [0.2, 0.25) is 0 Å². The number of nitrogens with two attached hydrogens (primary N) is 1. The first-order valence-corrected chi connectivity index (χ1v) is 18.7. The molecular weight excluding hydrogens is 651 g/mol. The summed E-state index contributed by atoms with van der Waals surface area (Å²) < 4.78 is 14.9. The number of rotatable bonds is 11. The molecule has 2 aromatic carbocycles. The highest BCUT2D eigenvalue weighted by atomic mass is 32.2. The molecule has 0 atom stereocenters. The number of piperazine rings is 1. The van der Waals surface area contributed by atoms with E-state index in [0.717, 1.165) is 118 Å². The molecule has 4 heterocycles. The molecule has 2 aromatic heterocycles. The quantitative estimate of drug-likeness (QED) is 0.0898. The third-order valence-corrected chi connectivity index (χ3v) is 11.2. The van der Waals surface area contributed by atoms with Crippen molar-refractivity contribution in [1.82, 2.24) is 19.6 Å². The molecule has 2 saturated heterocycles. The highest BCUT2D eigenvalue weighted by molar-refractivity contribution is 7.98. The van der Waals surface area contributed by atoms with Crippen LogP contribution in [0.15, 0.2) is 65.8 Å². The molecule has 266 valence electrons. The number of ether oxygens (including phenoxy) is 2. The molecule has 0 unspecified atom stereocenters. The normalized spacial score (nSPS) is 22.0. The van der Waals surface area contributed by atoms with Crippen LogP contribution in [0.3, 0.4) is 0 Å². The first-order chi connectivity index (χ1) is 24.3. The number of aromatic nitrogens is 2. The summed E-state index contributed by atoms with van der Waals surface area (Å²) in [5.41, 5.74) is 9.67. The van der Waals surface area contributed by atoms with Crippen molar-refractivity contribution in [1.29, 1.82) is 0 Å². The molecule has 0 spiro atoms. The van der Waals surface area contributed by atoms with Crippen molar-refractivity contribution < 1.29 is 19.4 Å². The Morgan fingerprint density at radius 1 is 1.06 bits per heavy atom. The van der Waals surface area contributed by atoms with E-state index in [1.807, 2.05) is 61.7 Å². The molecule has 3 aliphatic rings. The number of carbonyl (C=O) groups excluding carboxylic acids is 1. The van der Waals surface area contributed by atoms with E-state index >= 15 is 0 Å². The number of aliphatic hydroxyl groups is 1. The van der Waals surface area contributed by atoms with Crippen LogP contribution in [-0.4, -0.2) is 84.0 Å². The molecule has 0 radical (unpaired) electrons. The highest BCUT2D eigenvalue weighted by Crippen LogP contribution is 2.35. The molecule has 7 rings (SSSR count). The molecular formula is C38H49N7O4S. The van der Waals surface area contributed by atoms with Gasteiger partial charge in [0.25, 0.3) is 5.91 Å². The van der Waals surface area contributed by atoms with E-state index in [1.54, 1.807) is 6.20 Å².